The number of carbonyl (C=O) groups excluding carboxylic acids is 1. The molecule has 1 aliphatic heterocycles. The summed E-state index contributed by atoms with van der Waals surface area (Å²) in [5.41, 5.74) is -0.117. The zero-order valence-electron chi connectivity index (χ0n) is 16.2. The number of nitrogens with zero attached hydrogens (tertiary/aromatic N) is 2. The van der Waals surface area contributed by atoms with E-state index in [0.29, 0.717) is 5.75 Å². The van der Waals surface area contributed by atoms with Gasteiger partial charge < -0.3 is 9.64 Å². The maximum Gasteiger partial charge on any atom is 0.416 e. The van der Waals surface area contributed by atoms with Crippen LogP contribution in [-0.4, -0.2) is 56.8 Å². The van der Waals surface area contributed by atoms with Crippen LogP contribution in [0.1, 0.15) is 11.1 Å². The molecule has 2 aromatic carbocycles. The molecule has 1 saturated heterocycles. The molecule has 2 aromatic rings. The highest BCUT2D eigenvalue weighted by Gasteiger charge is 2.33. The number of carbonyl (C=O) groups is 1. The third-order valence-corrected chi connectivity index (χ3v) is 6.81. The summed E-state index contributed by atoms with van der Waals surface area (Å²) in [4.78, 5) is 13.9. The second-order valence-corrected chi connectivity index (χ2v) is 8.77. The van der Waals surface area contributed by atoms with Crippen molar-refractivity contribution in [1.82, 2.24) is 9.21 Å². The van der Waals surface area contributed by atoms with Crippen LogP contribution >= 0.6 is 0 Å². The third-order valence-electron chi connectivity index (χ3n) is 4.90. The second kappa shape index (κ2) is 8.65. The fourth-order valence-electron chi connectivity index (χ4n) is 3.21. The molecular formula is C20H21F3N2O4S. The number of piperazine rings is 1. The Morgan fingerprint density at radius 3 is 2.23 bits per heavy atom. The summed E-state index contributed by atoms with van der Waals surface area (Å²) in [5, 5.41) is 0. The van der Waals surface area contributed by atoms with Crippen LogP contribution in [-0.2, 0) is 27.4 Å². The molecule has 1 aliphatic rings. The Morgan fingerprint density at radius 2 is 1.67 bits per heavy atom. The summed E-state index contributed by atoms with van der Waals surface area (Å²) in [6.45, 7) is 0.575. The highest BCUT2D eigenvalue weighted by molar-refractivity contribution is 7.89. The van der Waals surface area contributed by atoms with E-state index in [1.165, 1.54) is 11.4 Å². The monoisotopic (exact) mass is 442 g/mol. The average molecular weight is 442 g/mol. The van der Waals surface area contributed by atoms with Gasteiger partial charge in [-0.05, 0) is 42.0 Å². The number of sulfonamides is 1. The molecule has 1 heterocycles. The molecule has 0 atom stereocenters. The summed E-state index contributed by atoms with van der Waals surface area (Å²) in [6, 6.07) is 10.6. The van der Waals surface area contributed by atoms with E-state index in [9.17, 15) is 26.4 Å². The summed E-state index contributed by atoms with van der Waals surface area (Å²) in [7, 11) is -2.39. The van der Waals surface area contributed by atoms with E-state index >= 15 is 0 Å². The molecule has 0 bridgehead atoms. The van der Waals surface area contributed by atoms with Gasteiger partial charge in [-0.3, -0.25) is 4.79 Å². The first-order valence-electron chi connectivity index (χ1n) is 9.19. The van der Waals surface area contributed by atoms with Crippen LogP contribution in [0.5, 0.6) is 5.75 Å². The highest BCUT2D eigenvalue weighted by atomic mass is 32.2. The van der Waals surface area contributed by atoms with E-state index < -0.39 is 21.8 Å². The van der Waals surface area contributed by atoms with Crippen molar-refractivity contribution >= 4 is 15.9 Å². The quantitative estimate of drug-likeness (QED) is 0.714. The molecule has 0 N–H and O–H groups in total. The van der Waals surface area contributed by atoms with Gasteiger partial charge in [0.05, 0.1) is 24.0 Å². The van der Waals surface area contributed by atoms with Crippen molar-refractivity contribution in [2.24, 2.45) is 0 Å². The molecule has 0 radical (unpaired) electrons. The van der Waals surface area contributed by atoms with E-state index in [4.69, 9.17) is 4.74 Å². The molecule has 0 aliphatic carbocycles. The standard InChI is InChI=1S/C20H21F3N2O4S/c1-29-17-4-2-3-15(13-17)14-19(26)24-9-11-25(12-10-24)30(27,28)18-7-5-16(6-8-18)20(21,22)23/h2-8,13H,9-12,14H2,1H3. The number of benzene rings is 2. The predicted octanol–water partition coefficient (Wildman–Crippen LogP) is 2.79. The number of amides is 1. The van der Waals surface area contributed by atoms with Gasteiger partial charge in [-0.1, -0.05) is 12.1 Å². The molecular weight excluding hydrogens is 421 g/mol. The SMILES string of the molecule is COc1cccc(CC(=O)N2CCN(S(=O)(=O)c3ccc(C(F)(F)F)cc3)CC2)c1. The van der Waals surface area contributed by atoms with Gasteiger partial charge in [0.2, 0.25) is 15.9 Å². The largest absolute Gasteiger partial charge is 0.497 e. The lowest BCUT2D eigenvalue weighted by atomic mass is 10.1. The maximum absolute atomic E-state index is 12.7. The number of methoxy groups -OCH3 is 1. The first kappa shape index (κ1) is 22.1. The van der Waals surface area contributed by atoms with Crippen molar-refractivity contribution in [3.8, 4) is 5.75 Å². The lowest BCUT2D eigenvalue weighted by molar-refractivity contribution is -0.137. The first-order chi connectivity index (χ1) is 14.1. The summed E-state index contributed by atoms with van der Waals surface area (Å²) < 4.78 is 69.8. The molecule has 1 fully saturated rings. The molecule has 10 heteroatoms. The molecule has 0 unspecified atom stereocenters. The van der Waals surface area contributed by atoms with Crippen LogP contribution in [0, 0.1) is 0 Å². The molecule has 6 nitrogen and oxygen atoms in total. The molecule has 30 heavy (non-hydrogen) atoms. The van der Waals surface area contributed by atoms with Crippen molar-refractivity contribution in [2.45, 2.75) is 17.5 Å². The van der Waals surface area contributed by atoms with Crippen molar-refractivity contribution in [3.05, 3.63) is 59.7 Å². The van der Waals surface area contributed by atoms with E-state index in [-0.39, 0.29) is 43.4 Å². The number of hydrogen-bond acceptors (Lipinski definition) is 4. The Labute approximate surface area is 172 Å². The average Bonchev–Trinajstić information content (AvgIpc) is 2.73. The minimum atomic E-state index is -4.53. The van der Waals surface area contributed by atoms with Crippen LogP contribution in [0.15, 0.2) is 53.4 Å². The Hall–Kier alpha value is -2.59. The first-order valence-corrected chi connectivity index (χ1v) is 10.6. The zero-order chi connectivity index (χ0) is 21.9. The van der Waals surface area contributed by atoms with Crippen LogP contribution in [0.25, 0.3) is 0 Å². The van der Waals surface area contributed by atoms with Gasteiger partial charge in [-0.2, -0.15) is 17.5 Å². The third kappa shape index (κ3) is 4.93. The molecule has 0 spiro atoms. The Bertz CT molecular complexity index is 999. The van der Waals surface area contributed by atoms with Gasteiger partial charge in [0, 0.05) is 26.2 Å². The van der Waals surface area contributed by atoms with Crippen molar-refractivity contribution < 1.29 is 31.1 Å². The van der Waals surface area contributed by atoms with E-state index in [0.717, 1.165) is 29.8 Å². The summed E-state index contributed by atoms with van der Waals surface area (Å²) in [5.74, 6) is 0.516. The number of halogens is 3. The molecule has 3 rings (SSSR count). The topological polar surface area (TPSA) is 66.9 Å². The smallest absolute Gasteiger partial charge is 0.416 e. The van der Waals surface area contributed by atoms with Crippen LogP contribution in [0.3, 0.4) is 0 Å². The van der Waals surface area contributed by atoms with Gasteiger partial charge in [0.15, 0.2) is 0 Å². The maximum atomic E-state index is 12.7. The van der Waals surface area contributed by atoms with Crippen LogP contribution in [0.4, 0.5) is 13.2 Å². The summed E-state index contributed by atoms with van der Waals surface area (Å²) in [6.07, 6.45) is -4.36. The van der Waals surface area contributed by atoms with E-state index in [2.05, 4.69) is 0 Å². The summed E-state index contributed by atoms with van der Waals surface area (Å²) >= 11 is 0. The van der Waals surface area contributed by atoms with Gasteiger partial charge in [-0.25, -0.2) is 8.42 Å². The van der Waals surface area contributed by atoms with E-state index in [1.54, 1.807) is 23.1 Å². The van der Waals surface area contributed by atoms with Crippen molar-refractivity contribution in [3.63, 3.8) is 0 Å². The second-order valence-electron chi connectivity index (χ2n) is 6.84. The van der Waals surface area contributed by atoms with Crippen molar-refractivity contribution in [2.75, 3.05) is 33.3 Å². The fourth-order valence-corrected chi connectivity index (χ4v) is 4.63. The Morgan fingerprint density at radius 1 is 1.03 bits per heavy atom. The van der Waals surface area contributed by atoms with Crippen molar-refractivity contribution in [1.29, 1.82) is 0 Å². The number of alkyl halides is 3. The number of ether oxygens (including phenoxy) is 1. The fraction of sp³-hybridized carbons (Fsp3) is 0.350. The predicted molar refractivity (Wildman–Crippen MR) is 103 cm³/mol. The lowest BCUT2D eigenvalue weighted by Crippen LogP contribution is -2.50. The van der Waals surface area contributed by atoms with Gasteiger partial charge in [0.25, 0.3) is 0 Å². The number of rotatable bonds is 5. The van der Waals surface area contributed by atoms with Gasteiger partial charge in [-0.15, -0.1) is 0 Å². The van der Waals surface area contributed by atoms with E-state index in [1.807, 2.05) is 6.07 Å². The Balaban J connectivity index is 1.62. The normalized spacial score (nSPS) is 15.8. The number of hydrogen-bond donors (Lipinski definition) is 0. The molecule has 0 aromatic heterocycles. The minimum Gasteiger partial charge on any atom is -0.497 e. The lowest BCUT2D eigenvalue weighted by Gasteiger charge is -2.34. The van der Waals surface area contributed by atoms with Crippen LogP contribution < -0.4 is 4.74 Å². The molecule has 162 valence electrons. The van der Waals surface area contributed by atoms with Gasteiger partial charge in [0.1, 0.15) is 5.75 Å². The van der Waals surface area contributed by atoms with Gasteiger partial charge >= 0.3 is 6.18 Å². The minimum absolute atomic E-state index is 0.0766. The molecule has 0 saturated carbocycles. The molecule has 1 amide bonds. The highest BCUT2D eigenvalue weighted by Crippen LogP contribution is 2.30. The Kier molecular flexibility index (Phi) is 6.37. The van der Waals surface area contributed by atoms with Crippen LogP contribution in [0.2, 0.25) is 0 Å². The zero-order valence-corrected chi connectivity index (χ0v) is 17.0.